The van der Waals surface area contributed by atoms with Gasteiger partial charge in [0.15, 0.2) is 5.82 Å². The molecule has 25 heavy (non-hydrogen) atoms. The van der Waals surface area contributed by atoms with Gasteiger partial charge in [0, 0.05) is 13.5 Å². The van der Waals surface area contributed by atoms with Crippen molar-refractivity contribution >= 4 is 40.0 Å². The fourth-order valence-electron chi connectivity index (χ4n) is 2.94. The van der Waals surface area contributed by atoms with Crippen molar-refractivity contribution in [3.8, 4) is 0 Å². The highest BCUT2D eigenvalue weighted by Gasteiger charge is 2.29. The van der Waals surface area contributed by atoms with E-state index in [1.165, 1.54) is 13.1 Å². The molecule has 0 radical (unpaired) electrons. The van der Waals surface area contributed by atoms with Gasteiger partial charge in [-0.05, 0) is 34.9 Å². The molecule has 0 spiro atoms. The van der Waals surface area contributed by atoms with Gasteiger partial charge in [0.1, 0.15) is 11.6 Å². The highest BCUT2D eigenvalue weighted by Crippen LogP contribution is 2.28. The molecule has 9 heteroatoms. The van der Waals surface area contributed by atoms with Crippen LogP contribution in [0.3, 0.4) is 0 Å². The average molecular weight is 462 g/mol. The number of carbonyl (C=O) groups is 1. The first-order valence-electron chi connectivity index (χ1n) is 8.12. The van der Waals surface area contributed by atoms with Gasteiger partial charge in [0.05, 0.1) is 28.1 Å². The molecule has 3 rings (SSSR count). The predicted octanol–water partition coefficient (Wildman–Crippen LogP) is 2.73. The van der Waals surface area contributed by atoms with Gasteiger partial charge in [-0.2, -0.15) is 0 Å². The summed E-state index contributed by atoms with van der Waals surface area (Å²) >= 11 is 2.00. The Balaban J connectivity index is 1.91. The number of nitrogens with zero attached hydrogens (tertiary/aromatic N) is 3. The number of rotatable bonds is 4. The molecule has 2 atom stereocenters. The molecule has 2 aromatic heterocycles. The second kappa shape index (κ2) is 7.40. The normalized spacial score (nSPS) is 20.9. The highest BCUT2D eigenvalue weighted by molar-refractivity contribution is 14.1. The van der Waals surface area contributed by atoms with Gasteiger partial charge in [-0.1, -0.05) is 13.8 Å². The maximum absolute atomic E-state index is 14.4. The monoisotopic (exact) mass is 462 g/mol. The largest absolute Gasteiger partial charge is 0.458 e. The molecule has 1 aliphatic rings. The molecule has 1 aliphatic heterocycles. The van der Waals surface area contributed by atoms with Crippen LogP contribution in [0.2, 0.25) is 0 Å². The van der Waals surface area contributed by atoms with E-state index in [9.17, 15) is 9.18 Å². The van der Waals surface area contributed by atoms with Crippen LogP contribution >= 0.6 is 22.6 Å². The van der Waals surface area contributed by atoms with E-state index in [1.54, 1.807) is 4.52 Å². The van der Waals surface area contributed by atoms with Crippen molar-refractivity contribution < 1.29 is 18.7 Å². The Morgan fingerprint density at radius 3 is 3.00 bits per heavy atom. The van der Waals surface area contributed by atoms with Crippen LogP contribution in [0.15, 0.2) is 6.20 Å². The Morgan fingerprint density at radius 2 is 2.32 bits per heavy atom. The minimum Gasteiger partial charge on any atom is -0.458 e. The van der Waals surface area contributed by atoms with Crippen molar-refractivity contribution in [2.75, 3.05) is 18.5 Å². The van der Waals surface area contributed by atoms with E-state index in [0.29, 0.717) is 34.7 Å². The van der Waals surface area contributed by atoms with Gasteiger partial charge >= 0.3 is 5.97 Å². The molecule has 0 amide bonds. The fraction of sp³-hybridized carbons (Fsp3) is 0.562. The van der Waals surface area contributed by atoms with E-state index in [1.807, 2.05) is 36.4 Å². The lowest BCUT2D eigenvalue weighted by Crippen LogP contribution is -2.44. The Bertz CT molecular complexity index is 795. The van der Waals surface area contributed by atoms with E-state index in [-0.39, 0.29) is 23.7 Å². The van der Waals surface area contributed by atoms with Gasteiger partial charge in [-0.15, -0.1) is 5.10 Å². The summed E-state index contributed by atoms with van der Waals surface area (Å²) in [6, 6.07) is -0.155. The third kappa shape index (κ3) is 3.71. The van der Waals surface area contributed by atoms with Gasteiger partial charge in [-0.3, -0.25) is 4.79 Å². The van der Waals surface area contributed by atoms with Crippen molar-refractivity contribution in [1.29, 1.82) is 0 Å². The number of carbonyl (C=O) groups excluding carboxylic acids is 1. The quantitative estimate of drug-likeness (QED) is 0.557. The molecule has 1 N–H and O–H groups in total. The second-order valence-electron chi connectivity index (χ2n) is 6.31. The lowest BCUT2D eigenvalue weighted by atomic mass is 10.1. The predicted molar refractivity (Wildman–Crippen MR) is 98.2 cm³/mol. The number of halogens is 2. The van der Waals surface area contributed by atoms with Crippen molar-refractivity contribution in [3.05, 3.63) is 21.3 Å². The van der Waals surface area contributed by atoms with Crippen LogP contribution in [0.5, 0.6) is 0 Å². The number of ether oxygens (including phenoxy) is 2. The smallest absolute Gasteiger partial charge is 0.303 e. The number of hydrogen-bond acceptors (Lipinski definition) is 6. The van der Waals surface area contributed by atoms with E-state index >= 15 is 0 Å². The van der Waals surface area contributed by atoms with Crippen molar-refractivity contribution in [3.63, 3.8) is 0 Å². The minimum atomic E-state index is -0.406. The summed E-state index contributed by atoms with van der Waals surface area (Å²) in [4.78, 5) is 15.5. The van der Waals surface area contributed by atoms with Crippen molar-refractivity contribution in [2.45, 2.75) is 45.3 Å². The lowest BCUT2D eigenvalue weighted by molar-refractivity contribution is -0.153. The Morgan fingerprint density at radius 1 is 1.56 bits per heavy atom. The number of aromatic nitrogens is 3. The summed E-state index contributed by atoms with van der Waals surface area (Å²) in [6.45, 7) is 6.24. The van der Waals surface area contributed by atoms with Crippen LogP contribution in [0, 0.1) is 9.39 Å². The molecule has 0 aromatic carbocycles. The lowest BCUT2D eigenvalue weighted by Gasteiger charge is -2.31. The van der Waals surface area contributed by atoms with Crippen LogP contribution in [0.4, 0.5) is 10.3 Å². The zero-order chi connectivity index (χ0) is 18.1. The van der Waals surface area contributed by atoms with E-state index < -0.39 is 6.10 Å². The van der Waals surface area contributed by atoms with Gasteiger partial charge in [0.2, 0.25) is 5.95 Å². The minimum absolute atomic E-state index is 0.114. The van der Waals surface area contributed by atoms with E-state index in [4.69, 9.17) is 9.47 Å². The maximum atomic E-state index is 14.4. The first-order chi connectivity index (χ1) is 11.9. The third-order valence-corrected chi connectivity index (χ3v) is 5.11. The summed E-state index contributed by atoms with van der Waals surface area (Å²) in [6.07, 6.45) is 1.73. The van der Waals surface area contributed by atoms with Gasteiger partial charge < -0.3 is 14.8 Å². The molecular weight excluding hydrogens is 442 g/mol. The zero-order valence-electron chi connectivity index (χ0n) is 14.3. The summed E-state index contributed by atoms with van der Waals surface area (Å²) in [5.41, 5.74) is 1.16. The van der Waals surface area contributed by atoms with Gasteiger partial charge in [0.25, 0.3) is 0 Å². The average Bonchev–Trinajstić information content (AvgIpc) is 2.80. The molecule has 3 heterocycles. The topological polar surface area (TPSA) is 77.8 Å². The molecule has 7 nitrogen and oxygen atoms in total. The van der Waals surface area contributed by atoms with Crippen LogP contribution in [-0.4, -0.2) is 45.9 Å². The molecular formula is C16H20FIN4O3. The SMILES string of the molecule is CC(=O)OC1COCCC1Nc1ncc2c(F)c(I)c(C(C)C)n2n1. The zero-order valence-corrected chi connectivity index (χ0v) is 16.4. The van der Waals surface area contributed by atoms with E-state index in [0.717, 1.165) is 5.69 Å². The number of nitrogens with one attached hydrogen (secondary N) is 1. The molecule has 2 unspecified atom stereocenters. The Labute approximate surface area is 158 Å². The number of hydrogen-bond donors (Lipinski definition) is 1. The molecule has 1 fully saturated rings. The summed E-state index contributed by atoms with van der Waals surface area (Å²) in [5.74, 6) is -0.184. The third-order valence-electron chi connectivity index (χ3n) is 4.09. The molecule has 2 aromatic rings. The first-order valence-corrected chi connectivity index (χ1v) is 9.20. The molecule has 1 saturated heterocycles. The number of fused-ring (bicyclic) bond motifs is 1. The number of anilines is 1. The molecule has 0 saturated carbocycles. The molecule has 136 valence electrons. The van der Waals surface area contributed by atoms with Crippen LogP contribution in [0.25, 0.3) is 5.52 Å². The van der Waals surface area contributed by atoms with Crippen molar-refractivity contribution in [2.24, 2.45) is 0 Å². The highest BCUT2D eigenvalue weighted by atomic mass is 127. The molecule has 0 bridgehead atoms. The van der Waals surface area contributed by atoms with Crippen LogP contribution in [-0.2, 0) is 14.3 Å². The van der Waals surface area contributed by atoms with Gasteiger partial charge in [-0.25, -0.2) is 13.9 Å². The summed E-state index contributed by atoms with van der Waals surface area (Å²) in [7, 11) is 0. The maximum Gasteiger partial charge on any atom is 0.303 e. The first kappa shape index (κ1) is 18.3. The Kier molecular flexibility index (Phi) is 5.42. The van der Waals surface area contributed by atoms with Crippen LogP contribution in [0.1, 0.15) is 38.8 Å². The summed E-state index contributed by atoms with van der Waals surface area (Å²) < 4.78 is 27.2. The fourth-order valence-corrected chi connectivity index (χ4v) is 4.07. The van der Waals surface area contributed by atoms with E-state index in [2.05, 4.69) is 15.4 Å². The standard InChI is InChI=1S/C16H20FIN4O3/c1-8(2)15-14(18)13(17)11-6-19-16(21-22(11)15)20-10-4-5-24-7-12(10)25-9(3)23/h6,8,10,12H,4-5,7H2,1-3H3,(H,20,21). The molecule has 0 aliphatic carbocycles. The van der Waals surface area contributed by atoms with Crippen molar-refractivity contribution in [1.82, 2.24) is 14.6 Å². The summed E-state index contributed by atoms with van der Waals surface area (Å²) in [5, 5.41) is 7.65. The second-order valence-corrected chi connectivity index (χ2v) is 7.39. The number of esters is 1. The van der Waals surface area contributed by atoms with Crippen LogP contribution < -0.4 is 5.32 Å². The Hall–Kier alpha value is -1.49.